The molecule has 0 spiro atoms. The summed E-state index contributed by atoms with van der Waals surface area (Å²) in [6, 6.07) is 0. The van der Waals surface area contributed by atoms with Crippen LogP contribution in [0.3, 0.4) is 0 Å². The maximum absolute atomic E-state index is 13.0. The third-order valence-electron chi connectivity index (χ3n) is 3.80. The van der Waals surface area contributed by atoms with Crippen LogP contribution in [0.15, 0.2) is 5.16 Å². The summed E-state index contributed by atoms with van der Waals surface area (Å²) in [5.41, 5.74) is 4.92. The number of amidine groups is 1. The lowest BCUT2D eigenvalue weighted by Gasteiger charge is -2.36. The van der Waals surface area contributed by atoms with Crippen molar-refractivity contribution in [2.24, 2.45) is 16.3 Å². The van der Waals surface area contributed by atoms with Gasteiger partial charge in [-0.1, -0.05) is 45.2 Å². The van der Waals surface area contributed by atoms with Crippen molar-refractivity contribution >= 4 is 11.7 Å². The van der Waals surface area contributed by atoms with Gasteiger partial charge in [-0.05, 0) is 19.3 Å². The van der Waals surface area contributed by atoms with Crippen LogP contribution in [0, 0.1) is 5.41 Å². The van der Waals surface area contributed by atoms with Gasteiger partial charge in [-0.3, -0.25) is 4.79 Å². The molecule has 124 valence electrons. The number of amides is 1. The van der Waals surface area contributed by atoms with Gasteiger partial charge < -0.3 is 20.9 Å². The fraction of sp³-hybridized carbons (Fsp3) is 0.867. The molecule has 0 aliphatic heterocycles. The highest BCUT2D eigenvalue weighted by Gasteiger charge is 2.43. The summed E-state index contributed by atoms with van der Waals surface area (Å²) in [7, 11) is 0. The fourth-order valence-electron chi connectivity index (χ4n) is 2.74. The van der Waals surface area contributed by atoms with Gasteiger partial charge in [-0.15, -0.1) is 0 Å². The number of rotatable bonds is 11. The van der Waals surface area contributed by atoms with Gasteiger partial charge in [0, 0.05) is 13.1 Å². The number of nitrogens with zero attached hydrogens (tertiary/aromatic N) is 2. The van der Waals surface area contributed by atoms with Gasteiger partial charge >= 0.3 is 0 Å². The van der Waals surface area contributed by atoms with Gasteiger partial charge in [0.05, 0.1) is 6.61 Å². The summed E-state index contributed by atoms with van der Waals surface area (Å²) in [4.78, 5) is 14.6. The zero-order valence-corrected chi connectivity index (χ0v) is 13.6. The van der Waals surface area contributed by atoms with Gasteiger partial charge in [-0.25, -0.2) is 0 Å². The first kappa shape index (κ1) is 19.7. The van der Waals surface area contributed by atoms with Gasteiger partial charge in [-0.2, -0.15) is 0 Å². The van der Waals surface area contributed by atoms with Crippen molar-refractivity contribution in [1.29, 1.82) is 0 Å². The highest BCUT2D eigenvalue weighted by atomic mass is 16.4. The Bertz CT molecular complexity index is 326. The van der Waals surface area contributed by atoms with Crippen molar-refractivity contribution in [3.63, 3.8) is 0 Å². The molecular weight excluding hydrogens is 270 g/mol. The minimum Gasteiger partial charge on any atom is -0.409 e. The number of aliphatic hydroxyl groups is 1. The molecule has 6 heteroatoms. The summed E-state index contributed by atoms with van der Waals surface area (Å²) < 4.78 is 0. The van der Waals surface area contributed by atoms with Crippen molar-refractivity contribution in [1.82, 2.24) is 4.90 Å². The number of aliphatic hydroxyl groups excluding tert-OH is 1. The average Bonchev–Trinajstić information content (AvgIpc) is 2.49. The largest absolute Gasteiger partial charge is 0.409 e. The molecule has 0 aromatic heterocycles. The van der Waals surface area contributed by atoms with Gasteiger partial charge in [0.15, 0.2) is 5.84 Å². The van der Waals surface area contributed by atoms with E-state index in [0.29, 0.717) is 19.4 Å². The van der Waals surface area contributed by atoms with E-state index in [0.717, 1.165) is 25.7 Å². The van der Waals surface area contributed by atoms with Gasteiger partial charge in [0.1, 0.15) is 5.41 Å². The number of oxime groups is 1. The lowest BCUT2D eigenvalue weighted by Crippen LogP contribution is -2.52. The molecule has 0 aromatic rings. The van der Waals surface area contributed by atoms with Crippen molar-refractivity contribution in [2.75, 3.05) is 19.7 Å². The monoisotopic (exact) mass is 301 g/mol. The maximum atomic E-state index is 13.0. The fourth-order valence-corrected chi connectivity index (χ4v) is 2.74. The molecule has 0 radical (unpaired) electrons. The first-order chi connectivity index (χ1) is 10.0. The van der Waals surface area contributed by atoms with E-state index in [1.165, 1.54) is 0 Å². The van der Waals surface area contributed by atoms with Crippen molar-refractivity contribution in [3.05, 3.63) is 0 Å². The standard InChI is InChI=1S/C15H31N3O3/c1-4-7-10-18(11-12-19)14(20)15(8-5-2,9-6-3)13(16)17-21/h19,21H,4-12H2,1-3H3,(H2,16,17). The van der Waals surface area contributed by atoms with E-state index in [1.54, 1.807) is 4.90 Å². The number of carbonyl (C=O) groups excluding carboxylic acids is 1. The van der Waals surface area contributed by atoms with E-state index in [2.05, 4.69) is 12.1 Å². The molecule has 0 saturated heterocycles. The van der Waals surface area contributed by atoms with Crippen LogP contribution in [-0.4, -0.2) is 46.7 Å². The third-order valence-corrected chi connectivity index (χ3v) is 3.80. The van der Waals surface area contributed by atoms with Crippen molar-refractivity contribution in [2.45, 2.75) is 59.3 Å². The van der Waals surface area contributed by atoms with Crippen LogP contribution in [0.4, 0.5) is 0 Å². The molecule has 0 heterocycles. The van der Waals surface area contributed by atoms with Crippen molar-refractivity contribution < 1.29 is 15.1 Å². The second-order valence-electron chi connectivity index (χ2n) is 5.44. The molecule has 4 N–H and O–H groups in total. The number of carbonyl (C=O) groups is 1. The smallest absolute Gasteiger partial charge is 0.236 e. The Morgan fingerprint density at radius 3 is 2.10 bits per heavy atom. The minimum atomic E-state index is -0.957. The van der Waals surface area contributed by atoms with Crippen LogP contribution in [0.2, 0.25) is 0 Å². The molecule has 0 aliphatic carbocycles. The summed E-state index contributed by atoms with van der Waals surface area (Å²) in [5.74, 6) is -0.153. The van der Waals surface area contributed by atoms with Gasteiger partial charge in [0.2, 0.25) is 5.91 Å². The van der Waals surface area contributed by atoms with Crippen LogP contribution in [-0.2, 0) is 4.79 Å². The lowest BCUT2D eigenvalue weighted by atomic mass is 9.76. The molecule has 1 amide bonds. The van der Waals surface area contributed by atoms with E-state index in [-0.39, 0.29) is 24.9 Å². The topological polar surface area (TPSA) is 99.2 Å². The SMILES string of the molecule is CCCCN(CCO)C(=O)C(CCC)(CCC)C(N)=NO. The molecule has 0 fully saturated rings. The van der Waals surface area contributed by atoms with Crippen LogP contribution < -0.4 is 5.73 Å². The quantitative estimate of drug-likeness (QED) is 0.235. The van der Waals surface area contributed by atoms with E-state index in [9.17, 15) is 9.90 Å². The Labute approximate surface area is 128 Å². The second kappa shape index (κ2) is 10.4. The molecule has 0 aromatic carbocycles. The Morgan fingerprint density at radius 1 is 1.14 bits per heavy atom. The van der Waals surface area contributed by atoms with E-state index < -0.39 is 5.41 Å². The third kappa shape index (κ3) is 5.19. The second-order valence-corrected chi connectivity index (χ2v) is 5.44. The molecule has 21 heavy (non-hydrogen) atoms. The molecule has 0 rings (SSSR count). The van der Waals surface area contributed by atoms with Gasteiger partial charge in [0.25, 0.3) is 0 Å². The van der Waals surface area contributed by atoms with Crippen molar-refractivity contribution in [3.8, 4) is 0 Å². The summed E-state index contributed by atoms with van der Waals surface area (Å²) in [5, 5.41) is 21.4. The Hall–Kier alpha value is -1.30. The summed E-state index contributed by atoms with van der Waals surface area (Å²) in [6.45, 7) is 6.79. The van der Waals surface area contributed by atoms with Crippen LogP contribution in [0.1, 0.15) is 59.3 Å². The molecular formula is C15H31N3O3. The normalized spacial score (nSPS) is 12.5. The molecule has 0 saturated carbocycles. The van der Waals surface area contributed by atoms with Crippen LogP contribution >= 0.6 is 0 Å². The lowest BCUT2D eigenvalue weighted by molar-refractivity contribution is -0.140. The zero-order chi connectivity index (χ0) is 16.3. The van der Waals surface area contributed by atoms with E-state index in [4.69, 9.17) is 10.9 Å². The highest BCUT2D eigenvalue weighted by molar-refractivity contribution is 6.06. The molecule has 6 nitrogen and oxygen atoms in total. The molecule has 0 aliphatic rings. The maximum Gasteiger partial charge on any atom is 0.236 e. The Morgan fingerprint density at radius 2 is 1.71 bits per heavy atom. The predicted molar refractivity (Wildman–Crippen MR) is 84.2 cm³/mol. The summed E-state index contributed by atoms with van der Waals surface area (Å²) >= 11 is 0. The molecule has 0 bridgehead atoms. The first-order valence-corrected chi connectivity index (χ1v) is 7.92. The minimum absolute atomic E-state index is 0.0179. The zero-order valence-electron chi connectivity index (χ0n) is 13.6. The molecule has 0 atom stereocenters. The number of nitrogens with two attached hydrogens (primary N) is 1. The Kier molecular flexibility index (Phi) is 9.78. The average molecular weight is 301 g/mol. The highest BCUT2D eigenvalue weighted by Crippen LogP contribution is 2.33. The van der Waals surface area contributed by atoms with E-state index >= 15 is 0 Å². The van der Waals surface area contributed by atoms with E-state index in [1.807, 2.05) is 13.8 Å². The Balaban J connectivity index is 5.47. The predicted octanol–water partition coefficient (Wildman–Crippen LogP) is 1.94. The van der Waals surface area contributed by atoms with Crippen LogP contribution in [0.25, 0.3) is 0 Å². The summed E-state index contributed by atoms with van der Waals surface area (Å²) in [6.07, 6.45) is 4.46. The van der Waals surface area contributed by atoms with Crippen LogP contribution in [0.5, 0.6) is 0 Å². The molecule has 0 unspecified atom stereocenters. The number of hydrogen-bond acceptors (Lipinski definition) is 4. The number of hydrogen-bond donors (Lipinski definition) is 3. The first-order valence-electron chi connectivity index (χ1n) is 7.92. The number of unbranched alkanes of at least 4 members (excludes halogenated alkanes) is 1.